The van der Waals surface area contributed by atoms with Gasteiger partial charge in [-0.05, 0) is 48.4 Å². The summed E-state index contributed by atoms with van der Waals surface area (Å²) in [5.74, 6) is 0.770. The second kappa shape index (κ2) is 12.1. The number of oxime groups is 1. The summed E-state index contributed by atoms with van der Waals surface area (Å²) in [4.78, 5) is 7.87. The van der Waals surface area contributed by atoms with Gasteiger partial charge in [-0.1, -0.05) is 76.4 Å². The molecule has 5 nitrogen and oxygen atoms in total. The molecule has 8 heteroatoms. The fourth-order valence-electron chi connectivity index (χ4n) is 4.01. The first kappa shape index (κ1) is 25.8. The summed E-state index contributed by atoms with van der Waals surface area (Å²) in [6, 6.07) is 20.9. The highest BCUT2D eigenvalue weighted by atomic mass is 35.5. The minimum Gasteiger partial charge on any atom is -0.491 e. The first-order valence-corrected chi connectivity index (χ1v) is 12.5. The van der Waals surface area contributed by atoms with E-state index in [2.05, 4.69) is 10.1 Å². The zero-order valence-corrected chi connectivity index (χ0v) is 21.6. The molecular weight excluding hydrogens is 507 g/mol. The van der Waals surface area contributed by atoms with Crippen LogP contribution < -0.4 is 4.74 Å². The van der Waals surface area contributed by atoms with Crippen LogP contribution in [0.4, 0.5) is 0 Å². The van der Waals surface area contributed by atoms with Gasteiger partial charge >= 0.3 is 0 Å². The number of aryl methyl sites for hydroxylation is 1. The van der Waals surface area contributed by atoms with Crippen LogP contribution in [0.5, 0.6) is 5.75 Å². The van der Waals surface area contributed by atoms with E-state index in [1.807, 2.05) is 61.5 Å². The number of hydrogen-bond donors (Lipinski definition) is 1. The molecule has 3 aromatic carbocycles. The molecule has 0 saturated heterocycles. The average molecular weight is 534 g/mol. The summed E-state index contributed by atoms with van der Waals surface area (Å²) in [5, 5.41) is 16.7. The van der Waals surface area contributed by atoms with Gasteiger partial charge in [-0.3, -0.25) is 4.90 Å². The van der Waals surface area contributed by atoms with Gasteiger partial charge in [-0.15, -0.1) is 0 Å². The van der Waals surface area contributed by atoms with E-state index in [1.54, 1.807) is 12.1 Å². The van der Waals surface area contributed by atoms with Crippen molar-refractivity contribution in [2.24, 2.45) is 5.16 Å². The first-order chi connectivity index (χ1) is 16.9. The van der Waals surface area contributed by atoms with Crippen LogP contribution in [-0.4, -0.2) is 47.6 Å². The molecule has 4 rings (SSSR count). The number of aliphatic hydroxyl groups excluding tert-OH is 1. The van der Waals surface area contributed by atoms with Crippen LogP contribution in [0.15, 0.2) is 71.9 Å². The van der Waals surface area contributed by atoms with E-state index in [9.17, 15) is 5.11 Å². The third-order valence-corrected chi connectivity index (χ3v) is 6.71. The number of halogens is 3. The van der Waals surface area contributed by atoms with Crippen molar-refractivity contribution in [1.82, 2.24) is 4.90 Å². The Labute approximate surface area is 220 Å². The van der Waals surface area contributed by atoms with Gasteiger partial charge in [0.1, 0.15) is 24.6 Å². The Morgan fingerprint density at radius 2 is 1.89 bits per heavy atom. The predicted octanol–water partition coefficient (Wildman–Crippen LogP) is 6.39. The van der Waals surface area contributed by atoms with Crippen LogP contribution >= 0.6 is 34.8 Å². The lowest BCUT2D eigenvalue weighted by Crippen LogP contribution is -2.39. The first-order valence-electron chi connectivity index (χ1n) is 11.4. The van der Waals surface area contributed by atoms with Crippen molar-refractivity contribution in [3.63, 3.8) is 0 Å². The fourth-order valence-corrected chi connectivity index (χ4v) is 4.52. The van der Waals surface area contributed by atoms with E-state index in [1.165, 1.54) is 0 Å². The number of hydrogen-bond acceptors (Lipinski definition) is 5. The molecule has 0 aromatic heterocycles. The van der Waals surface area contributed by atoms with E-state index >= 15 is 0 Å². The van der Waals surface area contributed by atoms with Gasteiger partial charge in [0.2, 0.25) is 0 Å². The molecule has 0 unspecified atom stereocenters. The molecule has 0 bridgehead atoms. The van der Waals surface area contributed by atoms with Gasteiger partial charge in [0.15, 0.2) is 0 Å². The highest BCUT2D eigenvalue weighted by molar-refractivity contribution is 6.42. The maximum Gasteiger partial charge on any atom is 0.145 e. The number of rotatable bonds is 10. The third-order valence-electron chi connectivity index (χ3n) is 5.74. The molecule has 1 N–H and O–H groups in total. The Bertz CT molecular complexity index is 1190. The molecule has 1 heterocycles. The molecule has 0 fully saturated rings. The summed E-state index contributed by atoms with van der Waals surface area (Å²) in [6.07, 6.45) is -0.228. The zero-order chi connectivity index (χ0) is 24.8. The number of nitrogens with zero attached hydrogens (tertiary/aromatic N) is 2. The fraction of sp³-hybridized carbons (Fsp3) is 0.296. The molecule has 0 saturated carbocycles. The predicted molar refractivity (Wildman–Crippen MR) is 142 cm³/mol. The monoisotopic (exact) mass is 532 g/mol. The molecule has 35 heavy (non-hydrogen) atoms. The summed E-state index contributed by atoms with van der Waals surface area (Å²) >= 11 is 18.4. The second-order valence-electron chi connectivity index (χ2n) is 8.65. The summed E-state index contributed by atoms with van der Waals surface area (Å²) < 4.78 is 5.86. The highest BCUT2D eigenvalue weighted by Gasteiger charge is 2.26. The van der Waals surface area contributed by atoms with E-state index < -0.39 is 6.10 Å². The molecule has 1 aliphatic heterocycles. The zero-order valence-electron chi connectivity index (χ0n) is 19.3. The summed E-state index contributed by atoms with van der Waals surface area (Å²) in [7, 11) is 0. The lowest BCUT2D eigenvalue weighted by molar-refractivity contribution is 0.0212. The number of ether oxygens (including phenoxy) is 1. The lowest BCUT2D eigenvalue weighted by Gasteiger charge is -2.27. The quantitative estimate of drug-likeness (QED) is 0.328. The normalized spacial score (nSPS) is 16.2. The van der Waals surface area contributed by atoms with Crippen LogP contribution in [0.25, 0.3) is 0 Å². The van der Waals surface area contributed by atoms with Crippen LogP contribution in [0.3, 0.4) is 0 Å². The maximum atomic E-state index is 10.8. The Morgan fingerprint density at radius 1 is 1.06 bits per heavy atom. The Kier molecular flexibility index (Phi) is 8.93. The van der Waals surface area contributed by atoms with Gasteiger partial charge in [0, 0.05) is 36.6 Å². The summed E-state index contributed by atoms with van der Waals surface area (Å²) in [6.45, 7) is 3.75. The Balaban J connectivity index is 1.39. The summed E-state index contributed by atoms with van der Waals surface area (Å²) in [5.41, 5.74) is 3.78. The lowest BCUT2D eigenvalue weighted by atomic mass is 10.0. The van der Waals surface area contributed by atoms with Crippen LogP contribution in [0.1, 0.15) is 23.1 Å². The molecule has 0 spiro atoms. The molecule has 2 atom stereocenters. The topological polar surface area (TPSA) is 54.3 Å². The molecule has 0 amide bonds. The average Bonchev–Trinajstić information content (AvgIpc) is 3.29. The third kappa shape index (κ3) is 7.35. The van der Waals surface area contributed by atoms with Crippen LogP contribution in [0, 0.1) is 6.92 Å². The Morgan fingerprint density at radius 3 is 2.66 bits per heavy atom. The van der Waals surface area contributed by atoms with Crippen molar-refractivity contribution in [3.05, 3.63) is 98.5 Å². The van der Waals surface area contributed by atoms with Gasteiger partial charge in [0.05, 0.1) is 15.8 Å². The van der Waals surface area contributed by atoms with Crippen LogP contribution in [0.2, 0.25) is 15.1 Å². The van der Waals surface area contributed by atoms with Gasteiger partial charge in [-0.25, -0.2) is 0 Å². The molecule has 1 aliphatic rings. The van der Waals surface area contributed by atoms with Crippen LogP contribution in [-0.2, 0) is 11.4 Å². The van der Waals surface area contributed by atoms with E-state index in [0.717, 1.165) is 28.2 Å². The minimum absolute atomic E-state index is 0.164. The highest BCUT2D eigenvalue weighted by Crippen LogP contribution is 2.26. The number of aliphatic hydroxyl groups is 1. The number of para-hydroxylation sites is 1. The second-order valence-corrected chi connectivity index (χ2v) is 9.90. The minimum atomic E-state index is -0.689. The largest absolute Gasteiger partial charge is 0.491 e. The van der Waals surface area contributed by atoms with Gasteiger partial charge < -0.3 is 14.7 Å². The van der Waals surface area contributed by atoms with E-state index in [4.69, 9.17) is 44.4 Å². The van der Waals surface area contributed by atoms with E-state index in [-0.39, 0.29) is 12.7 Å². The molecule has 0 aliphatic carbocycles. The van der Waals surface area contributed by atoms with Gasteiger partial charge in [0.25, 0.3) is 0 Å². The smallest absolute Gasteiger partial charge is 0.145 e. The molecular formula is C27H27Cl3N2O3. The van der Waals surface area contributed by atoms with Crippen molar-refractivity contribution in [3.8, 4) is 5.75 Å². The molecule has 184 valence electrons. The molecule has 0 radical (unpaired) electrons. The van der Waals surface area contributed by atoms with Crippen molar-refractivity contribution < 1.29 is 14.7 Å². The Hall–Kier alpha value is -2.28. The van der Waals surface area contributed by atoms with Gasteiger partial charge in [-0.2, -0.15) is 0 Å². The SMILES string of the molecule is Cc1ccccc1OC[C@H](O)CN(Cc1cccc(Cl)c1)C[C@H]1CC(c2ccc(Cl)c(Cl)c2)=NO1. The molecule has 3 aromatic rings. The maximum absolute atomic E-state index is 10.8. The van der Waals surface area contributed by atoms with Crippen molar-refractivity contribution in [1.29, 1.82) is 0 Å². The standard InChI is InChI=1S/C27H27Cl3N2O3/c1-18-5-2-3-8-27(18)34-17-22(33)15-32(14-19-6-4-7-21(28)11-19)16-23-13-26(31-35-23)20-9-10-24(29)25(30)12-20/h2-12,22-23,33H,13-17H2,1H3/t22-,23-/m1/s1. The van der Waals surface area contributed by atoms with E-state index in [0.29, 0.717) is 41.1 Å². The number of benzene rings is 3. The van der Waals surface area contributed by atoms with Crippen molar-refractivity contribution in [2.75, 3.05) is 19.7 Å². The van der Waals surface area contributed by atoms with Crippen molar-refractivity contribution in [2.45, 2.75) is 32.1 Å². The van der Waals surface area contributed by atoms with Crippen molar-refractivity contribution >= 4 is 40.5 Å².